The van der Waals surface area contributed by atoms with Gasteiger partial charge in [-0.3, -0.25) is 0 Å². The van der Waals surface area contributed by atoms with Gasteiger partial charge in [-0.25, -0.2) is 0 Å². The Labute approximate surface area is 193 Å². The Kier molecular flexibility index (Phi) is 10.5. The molecule has 4 atom stereocenters. The second-order valence-electron chi connectivity index (χ2n) is 13.0. The molecule has 4 unspecified atom stereocenters. The van der Waals surface area contributed by atoms with E-state index in [0.717, 1.165) is 44.9 Å². The van der Waals surface area contributed by atoms with Crippen LogP contribution in [0.25, 0.3) is 0 Å². The monoisotopic (exact) mass is 440 g/mol. The number of rotatable bonds is 1. The first-order valence-electron chi connectivity index (χ1n) is 12.6. The molecule has 0 aromatic rings. The average Bonchev–Trinajstić information content (AvgIpc) is 2.54. The lowest BCUT2D eigenvalue weighted by Crippen LogP contribution is -2.51. The average molecular weight is 441 g/mol. The Hall–Kier alpha value is -0.240. The summed E-state index contributed by atoms with van der Waals surface area (Å²) in [7, 11) is 0. The lowest BCUT2D eigenvalue weighted by atomic mass is 9.67. The standard InChI is InChI=1S/C10H22N2.C9H20N2.C6H14N2/c1-9(2,11)8-4-6-10(3,12)7-5-8;1-8(2)4-7(10)5-9(3,11)6-8;7-5-3-1-2-4-6(5)8/h8H,4-7,11-12H2,1-3H3;7H,4-6,10-11H2,1-3H3;5-6H,1-4,7-8H2. The third-order valence-corrected chi connectivity index (χ3v) is 7.48. The van der Waals surface area contributed by atoms with E-state index in [4.69, 9.17) is 34.4 Å². The van der Waals surface area contributed by atoms with Crippen LogP contribution in [0.15, 0.2) is 0 Å². The molecule has 0 aromatic heterocycles. The molecule has 0 amide bonds. The van der Waals surface area contributed by atoms with Gasteiger partial charge in [-0.15, -0.1) is 0 Å². The molecule has 3 rings (SSSR count). The molecule has 6 nitrogen and oxygen atoms in total. The van der Waals surface area contributed by atoms with Crippen molar-refractivity contribution < 1.29 is 0 Å². The summed E-state index contributed by atoms with van der Waals surface area (Å²) in [6.45, 7) is 13.0. The van der Waals surface area contributed by atoms with E-state index in [1.807, 2.05) is 0 Å². The molecule has 0 saturated heterocycles. The van der Waals surface area contributed by atoms with Crippen molar-refractivity contribution >= 4 is 0 Å². The molecule has 0 spiro atoms. The summed E-state index contributed by atoms with van der Waals surface area (Å²) >= 11 is 0. The minimum atomic E-state index is -0.0405. The molecule has 0 bridgehead atoms. The topological polar surface area (TPSA) is 156 Å². The first-order valence-corrected chi connectivity index (χ1v) is 12.6. The third-order valence-electron chi connectivity index (χ3n) is 7.48. The van der Waals surface area contributed by atoms with Crippen LogP contribution in [0.1, 0.15) is 112 Å². The van der Waals surface area contributed by atoms with E-state index in [1.165, 1.54) is 25.7 Å². The molecule has 0 aromatic carbocycles. The van der Waals surface area contributed by atoms with Crippen LogP contribution in [0, 0.1) is 11.3 Å². The quantitative estimate of drug-likeness (QED) is 0.368. The van der Waals surface area contributed by atoms with E-state index in [2.05, 4.69) is 41.5 Å². The van der Waals surface area contributed by atoms with Gasteiger partial charge in [0, 0.05) is 34.7 Å². The number of nitrogens with two attached hydrogens (primary N) is 6. The van der Waals surface area contributed by atoms with Gasteiger partial charge >= 0.3 is 0 Å². The second-order valence-corrected chi connectivity index (χ2v) is 13.0. The lowest BCUT2D eigenvalue weighted by Gasteiger charge is -2.43. The van der Waals surface area contributed by atoms with Crippen molar-refractivity contribution in [3.63, 3.8) is 0 Å². The summed E-state index contributed by atoms with van der Waals surface area (Å²) in [5, 5.41) is 0. The van der Waals surface area contributed by atoms with E-state index in [9.17, 15) is 0 Å². The Balaban J connectivity index is 0.000000237. The molecule has 3 fully saturated rings. The minimum Gasteiger partial charge on any atom is -0.328 e. The maximum absolute atomic E-state index is 6.06. The molecule has 0 heterocycles. The van der Waals surface area contributed by atoms with Crippen molar-refractivity contribution in [2.75, 3.05) is 0 Å². The highest BCUT2D eigenvalue weighted by molar-refractivity contribution is 4.96. The van der Waals surface area contributed by atoms with Gasteiger partial charge in [-0.1, -0.05) is 26.7 Å². The Morgan fingerprint density at radius 2 is 1.16 bits per heavy atom. The van der Waals surface area contributed by atoms with E-state index in [-0.39, 0.29) is 28.7 Å². The lowest BCUT2D eigenvalue weighted by molar-refractivity contribution is 0.145. The van der Waals surface area contributed by atoms with Gasteiger partial charge in [0.1, 0.15) is 0 Å². The first kappa shape index (κ1) is 28.8. The van der Waals surface area contributed by atoms with Crippen molar-refractivity contribution in [1.29, 1.82) is 0 Å². The number of hydrogen-bond donors (Lipinski definition) is 6. The summed E-state index contributed by atoms with van der Waals surface area (Å²) in [6, 6.07) is 0.862. The summed E-state index contributed by atoms with van der Waals surface area (Å²) in [5.41, 5.74) is 35.7. The molecular formula is C25H56N6. The van der Waals surface area contributed by atoms with Crippen LogP contribution >= 0.6 is 0 Å². The predicted molar refractivity (Wildman–Crippen MR) is 135 cm³/mol. The smallest absolute Gasteiger partial charge is 0.0192 e. The van der Waals surface area contributed by atoms with Crippen molar-refractivity contribution in [3.8, 4) is 0 Å². The highest BCUT2D eigenvalue weighted by atomic mass is 14.8. The van der Waals surface area contributed by atoms with E-state index >= 15 is 0 Å². The van der Waals surface area contributed by atoms with Gasteiger partial charge in [0.05, 0.1) is 0 Å². The Bertz CT molecular complexity index is 487. The molecule has 31 heavy (non-hydrogen) atoms. The van der Waals surface area contributed by atoms with Crippen LogP contribution in [0.5, 0.6) is 0 Å². The summed E-state index contributed by atoms with van der Waals surface area (Å²) in [6.07, 6.45) is 12.6. The molecule has 0 aliphatic heterocycles. The van der Waals surface area contributed by atoms with Gasteiger partial charge in [-0.05, 0) is 96.8 Å². The van der Waals surface area contributed by atoms with Gasteiger partial charge in [-0.2, -0.15) is 0 Å². The maximum atomic E-state index is 6.06. The highest BCUT2D eigenvalue weighted by Crippen LogP contribution is 2.38. The Morgan fingerprint density at radius 3 is 1.48 bits per heavy atom. The fraction of sp³-hybridized carbons (Fsp3) is 1.00. The zero-order chi connectivity index (χ0) is 24.1. The first-order chi connectivity index (χ1) is 13.9. The maximum Gasteiger partial charge on any atom is 0.0192 e. The SMILES string of the molecule is CC1(C)CC(N)CC(C)(N)C1.CC1(N)CCC(C(C)(C)N)CC1.NC1CCCCC1N. The molecule has 3 saturated carbocycles. The van der Waals surface area contributed by atoms with Crippen LogP contribution in [0.4, 0.5) is 0 Å². The normalized spacial score (nSPS) is 40.6. The van der Waals surface area contributed by atoms with Gasteiger partial charge in [0.25, 0.3) is 0 Å². The van der Waals surface area contributed by atoms with Crippen molar-refractivity contribution in [1.82, 2.24) is 0 Å². The summed E-state index contributed by atoms with van der Waals surface area (Å²) in [4.78, 5) is 0. The Morgan fingerprint density at radius 1 is 0.710 bits per heavy atom. The summed E-state index contributed by atoms with van der Waals surface area (Å²) < 4.78 is 0. The molecule has 0 radical (unpaired) electrons. The summed E-state index contributed by atoms with van der Waals surface area (Å²) in [5.74, 6) is 0.661. The molecule has 3 aliphatic rings. The largest absolute Gasteiger partial charge is 0.328 e. The number of hydrogen-bond acceptors (Lipinski definition) is 6. The van der Waals surface area contributed by atoms with E-state index in [1.54, 1.807) is 0 Å². The molecular weight excluding hydrogens is 384 g/mol. The van der Waals surface area contributed by atoms with Crippen LogP contribution in [-0.4, -0.2) is 34.7 Å². The van der Waals surface area contributed by atoms with E-state index in [0.29, 0.717) is 17.4 Å². The fourth-order valence-corrected chi connectivity index (χ4v) is 5.83. The zero-order valence-electron chi connectivity index (χ0n) is 21.6. The van der Waals surface area contributed by atoms with E-state index < -0.39 is 0 Å². The fourth-order valence-electron chi connectivity index (χ4n) is 5.83. The molecule has 186 valence electrons. The van der Waals surface area contributed by atoms with Gasteiger partial charge in [0.15, 0.2) is 0 Å². The molecule has 6 heteroatoms. The molecule has 3 aliphatic carbocycles. The molecule has 12 N–H and O–H groups in total. The van der Waals surface area contributed by atoms with Crippen LogP contribution < -0.4 is 34.4 Å². The van der Waals surface area contributed by atoms with Crippen LogP contribution in [0.2, 0.25) is 0 Å². The van der Waals surface area contributed by atoms with Crippen molar-refractivity contribution in [3.05, 3.63) is 0 Å². The van der Waals surface area contributed by atoms with Crippen LogP contribution in [-0.2, 0) is 0 Å². The van der Waals surface area contributed by atoms with Gasteiger partial charge < -0.3 is 34.4 Å². The third kappa shape index (κ3) is 11.4. The zero-order valence-corrected chi connectivity index (χ0v) is 21.6. The second kappa shape index (κ2) is 11.3. The minimum absolute atomic E-state index is 0.0174. The highest BCUT2D eigenvalue weighted by Gasteiger charge is 2.37. The predicted octanol–water partition coefficient (Wildman–Crippen LogP) is 3.09. The van der Waals surface area contributed by atoms with Gasteiger partial charge in [0.2, 0.25) is 0 Å². The van der Waals surface area contributed by atoms with Crippen LogP contribution in [0.3, 0.4) is 0 Å². The van der Waals surface area contributed by atoms with Crippen molar-refractivity contribution in [2.45, 2.75) is 147 Å². The van der Waals surface area contributed by atoms with Crippen molar-refractivity contribution in [2.24, 2.45) is 45.7 Å².